The van der Waals surface area contributed by atoms with Crippen LogP contribution >= 0.6 is 0 Å². The number of rotatable bonds is 4. The Balaban J connectivity index is 2.27. The smallest absolute Gasteiger partial charge is 0.132 e. The molecule has 0 saturated heterocycles. The largest absolute Gasteiger partial charge is 0.396 e. The standard InChI is InChI=1S/C14H18N2O/c1-11-3-4-12-5-6-14(10-15,13(12)9-11)16-7-2-8-17/h3-4,9,16-17H,2,5-8H2,1H3. The summed E-state index contributed by atoms with van der Waals surface area (Å²) in [4.78, 5) is 0. The Morgan fingerprint density at radius 2 is 2.35 bits per heavy atom. The molecule has 1 aliphatic carbocycles. The molecule has 2 rings (SSSR count). The minimum atomic E-state index is -0.545. The topological polar surface area (TPSA) is 56.0 Å². The molecule has 1 unspecified atom stereocenters. The maximum atomic E-state index is 9.48. The fourth-order valence-corrected chi connectivity index (χ4v) is 2.48. The van der Waals surface area contributed by atoms with E-state index in [1.54, 1.807) is 0 Å². The van der Waals surface area contributed by atoms with Crippen LogP contribution in [0.15, 0.2) is 18.2 Å². The SMILES string of the molecule is Cc1ccc2c(c1)C(C#N)(NCCCO)CC2. The molecule has 0 saturated carbocycles. The molecule has 0 aromatic heterocycles. The molecule has 1 aliphatic rings. The average molecular weight is 230 g/mol. The molecule has 90 valence electrons. The molecule has 0 spiro atoms. The van der Waals surface area contributed by atoms with Gasteiger partial charge >= 0.3 is 0 Å². The fourth-order valence-electron chi connectivity index (χ4n) is 2.48. The highest BCUT2D eigenvalue weighted by Crippen LogP contribution is 2.36. The number of nitriles is 1. The van der Waals surface area contributed by atoms with E-state index in [1.165, 1.54) is 11.1 Å². The van der Waals surface area contributed by atoms with Crippen LogP contribution in [0, 0.1) is 18.3 Å². The molecule has 0 heterocycles. The summed E-state index contributed by atoms with van der Waals surface area (Å²) in [6.07, 6.45) is 2.47. The normalized spacial score (nSPS) is 22.2. The second-order valence-electron chi connectivity index (χ2n) is 4.68. The highest BCUT2D eigenvalue weighted by Gasteiger charge is 2.38. The fraction of sp³-hybridized carbons (Fsp3) is 0.500. The van der Waals surface area contributed by atoms with Gasteiger partial charge in [0.2, 0.25) is 0 Å². The van der Waals surface area contributed by atoms with E-state index in [2.05, 4.69) is 36.5 Å². The van der Waals surface area contributed by atoms with Crippen LogP contribution in [-0.2, 0) is 12.0 Å². The van der Waals surface area contributed by atoms with Gasteiger partial charge in [0.05, 0.1) is 6.07 Å². The lowest BCUT2D eigenvalue weighted by molar-refractivity contribution is 0.278. The first-order valence-electron chi connectivity index (χ1n) is 6.09. The van der Waals surface area contributed by atoms with Crippen LogP contribution in [0.5, 0.6) is 0 Å². The first-order valence-corrected chi connectivity index (χ1v) is 6.09. The van der Waals surface area contributed by atoms with E-state index in [1.807, 2.05) is 0 Å². The van der Waals surface area contributed by atoms with Gasteiger partial charge in [-0.25, -0.2) is 0 Å². The van der Waals surface area contributed by atoms with E-state index in [9.17, 15) is 5.26 Å². The lowest BCUT2D eigenvalue weighted by Gasteiger charge is -2.24. The first kappa shape index (κ1) is 12.1. The van der Waals surface area contributed by atoms with Gasteiger partial charge in [-0.15, -0.1) is 0 Å². The monoisotopic (exact) mass is 230 g/mol. The zero-order valence-corrected chi connectivity index (χ0v) is 10.2. The number of nitrogens with zero attached hydrogens (tertiary/aromatic N) is 1. The van der Waals surface area contributed by atoms with Crippen molar-refractivity contribution in [3.8, 4) is 6.07 Å². The summed E-state index contributed by atoms with van der Waals surface area (Å²) in [5, 5.41) is 21.6. The van der Waals surface area contributed by atoms with Crippen LogP contribution in [0.2, 0.25) is 0 Å². The highest BCUT2D eigenvalue weighted by atomic mass is 16.3. The Bertz CT molecular complexity index is 450. The second kappa shape index (κ2) is 4.87. The van der Waals surface area contributed by atoms with Crippen molar-refractivity contribution in [2.75, 3.05) is 13.2 Å². The lowest BCUT2D eigenvalue weighted by Crippen LogP contribution is -2.40. The molecule has 0 aliphatic heterocycles. The quantitative estimate of drug-likeness (QED) is 0.773. The Labute approximate surface area is 102 Å². The lowest BCUT2D eigenvalue weighted by atomic mass is 9.92. The summed E-state index contributed by atoms with van der Waals surface area (Å²) in [7, 11) is 0. The Morgan fingerprint density at radius 1 is 1.53 bits per heavy atom. The van der Waals surface area contributed by atoms with Gasteiger partial charge in [0.15, 0.2) is 0 Å². The van der Waals surface area contributed by atoms with Gasteiger partial charge in [-0.1, -0.05) is 23.8 Å². The zero-order valence-electron chi connectivity index (χ0n) is 10.2. The third-order valence-corrected chi connectivity index (χ3v) is 3.45. The summed E-state index contributed by atoms with van der Waals surface area (Å²) in [6, 6.07) is 8.76. The third kappa shape index (κ3) is 2.19. The number of aliphatic hydroxyl groups excluding tert-OH is 1. The van der Waals surface area contributed by atoms with Crippen LogP contribution in [0.3, 0.4) is 0 Å². The molecule has 3 nitrogen and oxygen atoms in total. The maximum Gasteiger partial charge on any atom is 0.132 e. The molecule has 0 bridgehead atoms. The molecule has 2 N–H and O–H groups in total. The van der Waals surface area contributed by atoms with Crippen molar-refractivity contribution in [3.05, 3.63) is 34.9 Å². The highest BCUT2D eigenvalue weighted by molar-refractivity contribution is 5.45. The van der Waals surface area contributed by atoms with Gasteiger partial charge in [0.1, 0.15) is 5.54 Å². The number of fused-ring (bicyclic) bond motifs is 1. The second-order valence-corrected chi connectivity index (χ2v) is 4.68. The molecule has 0 radical (unpaired) electrons. The molecular formula is C14H18N2O. The number of aliphatic hydroxyl groups is 1. The van der Waals surface area contributed by atoms with E-state index in [-0.39, 0.29) is 6.61 Å². The van der Waals surface area contributed by atoms with Gasteiger partial charge in [0.25, 0.3) is 0 Å². The minimum Gasteiger partial charge on any atom is -0.396 e. The zero-order chi connectivity index (χ0) is 12.3. The van der Waals surface area contributed by atoms with E-state index in [0.29, 0.717) is 13.0 Å². The van der Waals surface area contributed by atoms with E-state index < -0.39 is 5.54 Å². The van der Waals surface area contributed by atoms with Crippen molar-refractivity contribution in [1.29, 1.82) is 5.26 Å². The number of aryl methyl sites for hydroxylation is 2. The minimum absolute atomic E-state index is 0.162. The molecule has 1 aromatic rings. The van der Waals surface area contributed by atoms with Gasteiger partial charge in [-0.05, 0) is 43.9 Å². The Hall–Kier alpha value is -1.37. The molecule has 1 aromatic carbocycles. The van der Waals surface area contributed by atoms with Crippen molar-refractivity contribution >= 4 is 0 Å². The van der Waals surface area contributed by atoms with Crippen LogP contribution in [-0.4, -0.2) is 18.3 Å². The maximum absolute atomic E-state index is 9.48. The summed E-state index contributed by atoms with van der Waals surface area (Å²) in [5.74, 6) is 0. The van der Waals surface area contributed by atoms with E-state index in [4.69, 9.17) is 5.11 Å². The van der Waals surface area contributed by atoms with Gasteiger partial charge in [0, 0.05) is 6.61 Å². The molecule has 0 fully saturated rings. The van der Waals surface area contributed by atoms with Crippen LogP contribution in [0.1, 0.15) is 29.5 Å². The molecule has 0 amide bonds. The first-order chi connectivity index (χ1) is 8.22. The molecule has 1 atom stereocenters. The van der Waals surface area contributed by atoms with E-state index in [0.717, 1.165) is 18.4 Å². The summed E-state index contributed by atoms with van der Waals surface area (Å²) < 4.78 is 0. The van der Waals surface area contributed by atoms with Crippen molar-refractivity contribution < 1.29 is 5.11 Å². The Morgan fingerprint density at radius 3 is 3.06 bits per heavy atom. The summed E-state index contributed by atoms with van der Waals surface area (Å²) in [5.41, 5.74) is 3.04. The van der Waals surface area contributed by atoms with Gasteiger partial charge < -0.3 is 5.11 Å². The van der Waals surface area contributed by atoms with Crippen molar-refractivity contribution in [2.45, 2.75) is 31.7 Å². The number of hydrogen-bond acceptors (Lipinski definition) is 3. The van der Waals surface area contributed by atoms with Crippen molar-refractivity contribution in [2.24, 2.45) is 0 Å². The van der Waals surface area contributed by atoms with Crippen molar-refractivity contribution in [3.63, 3.8) is 0 Å². The molecule has 17 heavy (non-hydrogen) atoms. The average Bonchev–Trinajstić information content (AvgIpc) is 2.69. The Kier molecular flexibility index (Phi) is 3.46. The van der Waals surface area contributed by atoms with E-state index >= 15 is 0 Å². The predicted octanol–water partition coefficient (Wildman–Crippen LogP) is 1.63. The van der Waals surface area contributed by atoms with Crippen molar-refractivity contribution in [1.82, 2.24) is 5.32 Å². The number of benzene rings is 1. The van der Waals surface area contributed by atoms with Crippen LogP contribution in [0.4, 0.5) is 0 Å². The van der Waals surface area contributed by atoms with Crippen LogP contribution in [0.25, 0.3) is 0 Å². The summed E-state index contributed by atoms with van der Waals surface area (Å²) in [6.45, 7) is 2.89. The van der Waals surface area contributed by atoms with Crippen LogP contribution < -0.4 is 5.32 Å². The molecule has 3 heteroatoms. The number of nitrogens with one attached hydrogen (secondary N) is 1. The third-order valence-electron chi connectivity index (χ3n) is 3.45. The summed E-state index contributed by atoms with van der Waals surface area (Å²) >= 11 is 0. The number of hydrogen-bond donors (Lipinski definition) is 2. The van der Waals surface area contributed by atoms with Gasteiger partial charge in [-0.2, -0.15) is 5.26 Å². The molecular weight excluding hydrogens is 212 g/mol. The predicted molar refractivity (Wildman–Crippen MR) is 66.5 cm³/mol. The van der Waals surface area contributed by atoms with Gasteiger partial charge in [-0.3, -0.25) is 5.32 Å².